The summed E-state index contributed by atoms with van der Waals surface area (Å²) in [5, 5.41) is 13.3. The zero-order valence-electron chi connectivity index (χ0n) is 8.21. The molecule has 0 atom stereocenters. The van der Waals surface area contributed by atoms with Gasteiger partial charge in [0.15, 0.2) is 5.78 Å². The number of carbonyl (C=O) groups is 1. The number of Topliss-reactive ketones (excluding diaryl/α,β-unsaturated/α-hetero) is 1. The lowest BCUT2D eigenvalue weighted by molar-refractivity contribution is 0.101. The second-order valence-corrected chi connectivity index (χ2v) is 3.20. The van der Waals surface area contributed by atoms with E-state index in [1.165, 1.54) is 11.6 Å². The van der Waals surface area contributed by atoms with E-state index in [0.29, 0.717) is 11.4 Å². The number of aromatic nitrogens is 2. The number of aromatic hydroxyl groups is 1. The topological polar surface area (TPSA) is 55.1 Å². The average molecular weight is 202 g/mol. The van der Waals surface area contributed by atoms with Gasteiger partial charge in [-0.25, -0.2) is 4.68 Å². The first-order valence-electron chi connectivity index (χ1n) is 4.53. The molecule has 0 bridgehead atoms. The summed E-state index contributed by atoms with van der Waals surface area (Å²) in [4.78, 5) is 11.3. The lowest BCUT2D eigenvalue weighted by Crippen LogP contribution is -2.05. The van der Waals surface area contributed by atoms with Gasteiger partial charge in [0.1, 0.15) is 11.4 Å². The molecule has 4 nitrogen and oxygen atoms in total. The van der Waals surface area contributed by atoms with Crippen molar-refractivity contribution >= 4 is 5.78 Å². The Morgan fingerprint density at radius 1 is 1.40 bits per heavy atom. The number of phenols is 1. The van der Waals surface area contributed by atoms with Crippen LogP contribution in [0, 0.1) is 0 Å². The Morgan fingerprint density at radius 2 is 2.20 bits per heavy atom. The Bertz CT molecular complexity index is 503. The van der Waals surface area contributed by atoms with Crippen molar-refractivity contribution in [2.75, 3.05) is 0 Å². The van der Waals surface area contributed by atoms with Crippen molar-refractivity contribution < 1.29 is 9.90 Å². The molecular weight excluding hydrogens is 192 g/mol. The molecule has 0 amide bonds. The van der Waals surface area contributed by atoms with Gasteiger partial charge in [0.25, 0.3) is 0 Å². The van der Waals surface area contributed by atoms with E-state index in [1.54, 1.807) is 36.5 Å². The molecule has 0 saturated heterocycles. The molecule has 0 aliphatic carbocycles. The zero-order valence-corrected chi connectivity index (χ0v) is 8.21. The van der Waals surface area contributed by atoms with Crippen LogP contribution >= 0.6 is 0 Å². The number of rotatable bonds is 2. The first-order valence-corrected chi connectivity index (χ1v) is 4.53. The molecule has 0 fully saturated rings. The minimum atomic E-state index is -0.0594. The summed E-state index contributed by atoms with van der Waals surface area (Å²) in [5.41, 5.74) is 1.17. The lowest BCUT2D eigenvalue weighted by Gasteiger charge is -2.04. The third-order valence-corrected chi connectivity index (χ3v) is 2.08. The fourth-order valence-electron chi connectivity index (χ4n) is 1.40. The van der Waals surface area contributed by atoms with Crippen LogP contribution in [0.15, 0.2) is 36.5 Å². The minimum absolute atomic E-state index is 0.0594. The lowest BCUT2D eigenvalue weighted by atomic mass is 10.2. The predicted molar refractivity (Wildman–Crippen MR) is 55.2 cm³/mol. The van der Waals surface area contributed by atoms with E-state index in [0.717, 1.165) is 0 Å². The van der Waals surface area contributed by atoms with Gasteiger partial charge in [-0.1, -0.05) is 6.07 Å². The van der Waals surface area contributed by atoms with Crippen LogP contribution in [0.4, 0.5) is 0 Å². The third-order valence-electron chi connectivity index (χ3n) is 2.08. The van der Waals surface area contributed by atoms with Crippen LogP contribution in [0.1, 0.15) is 17.4 Å². The van der Waals surface area contributed by atoms with E-state index in [4.69, 9.17) is 0 Å². The van der Waals surface area contributed by atoms with E-state index in [9.17, 15) is 9.90 Å². The summed E-state index contributed by atoms with van der Waals surface area (Å²) in [6, 6.07) is 8.25. The molecule has 15 heavy (non-hydrogen) atoms. The van der Waals surface area contributed by atoms with Gasteiger partial charge >= 0.3 is 0 Å². The highest BCUT2D eigenvalue weighted by Crippen LogP contribution is 2.16. The van der Waals surface area contributed by atoms with Crippen molar-refractivity contribution in [2.45, 2.75) is 6.92 Å². The zero-order chi connectivity index (χ0) is 10.8. The summed E-state index contributed by atoms with van der Waals surface area (Å²) in [7, 11) is 0. The van der Waals surface area contributed by atoms with Crippen molar-refractivity contribution in [3.05, 3.63) is 42.2 Å². The fourth-order valence-corrected chi connectivity index (χ4v) is 1.40. The van der Waals surface area contributed by atoms with Crippen molar-refractivity contribution in [2.24, 2.45) is 0 Å². The van der Waals surface area contributed by atoms with E-state index in [1.807, 2.05) is 0 Å². The predicted octanol–water partition coefficient (Wildman–Crippen LogP) is 1.78. The van der Waals surface area contributed by atoms with Crippen LogP contribution in [0.25, 0.3) is 5.69 Å². The van der Waals surface area contributed by atoms with Gasteiger partial charge in [-0.05, 0) is 18.2 Å². The van der Waals surface area contributed by atoms with Crippen LogP contribution in [0.2, 0.25) is 0 Å². The van der Waals surface area contributed by atoms with Crippen molar-refractivity contribution in [1.29, 1.82) is 0 Å². The largest absolute Gasteiger partial charge is 0.508 e. The van der Waals surface area contributed by atoms with Gasteiger partial charge in [-0.15, -0.1) is 0 Å². The molecule has 1 heterocycles. The van der Waals surface area contributed by atoms with Gasteiger partial charge in [-0.3, -0.25) is 4.79 Å². The van der Waals surface area contributed by atoms with Crippen molar-refractivity contribution in [3.8, 4) is 11.4 Å². The first-order chi connectivity index (χ1) is 7.18. The molecule has 0 saturated carbocycles. The third kappa shape index (κ3) is 1.74. The maximum absolute atomic E-state index is 11.3. The second kappa shape index (κ2) is 3.57. The number of phenolic OH excluding ortho intramolecular Hbond substituents is 1. The SMILES string of the molecule is CC(=O)c1ccnn1-c1cccc(O)c1. The second-order valence-electron chi connectivity index (χ2n) is 3.20. The van der Waals surface area contributed by atoms with Gasteiger partial charge < -0.3 is 5.11 Å². The van der Waals surface area contributed by atoms with E-state index >= 15 is 0 Å². The molecule has 2 aromatic rings. The highest BCUT2D eigenvalue weighted by molar-refractivity contribution is 5.92. The first kappa shape index (κ1) is 9.45. The fraction of sp³-hybridized carbons (Fsp3) is 0.0909. The quantitative estimate of drug-likeness (QED) is 0.755. The van der Waals surface area contributed by atoms with Crippen LogP contribution in [0.5, 0.6) is 5.75 Å². The molecule has 1 aromatic carbocycles. The molecule has 0 radical (unpaired) electrons. The molecule has 76 valence electrons. The molecule has 1 aromatic heterocycles. The molecule has 0 aliphatic heterocycles. The van der Waals surface area contributed by atoms with Crippen LogP contribution < -0.4 is 0 Å². The van der Waals surface area contributed by atoms with Gasteiger partial charge in [0, 0.05) is 13.0 Å². The molecule has 0 spiro atoms. The van der Waals surface area contributed by atoms with Crippen LogP contribution in [-0.2, 0) is 0 Å². The summed E-state index contributed by atoms with van der Waals surface area (Å²) in [6.07, 6.45) is 1.56. The Balaban J connectivity index is 2.54. The summed E-state index contributed by atoms with van der Waals surface area (Å²) >= 11 is 0. The number of hydrogen-bond donors (Lipinski definition) is 1. The molecule has 4 heteroatoms. The van der Waals surface area contributed by atoms with E-state index < -0.39 is 0 Å². The Hall–Kier alpha value is -2.10. The number of ketones is 1. The molecule has 2 rings (SSSR count). The maximum atomic E-state index is 11.3. The monoisotopic (exact) mass is 202 g/mol. The van der Waals surface area contributed by atoms with Gasteiger partial charge in [0.2, 0.25) is 0 Å². The Morgan fingerprint density at radius 3 is 2.87 bits per heavy atom. The number of benzene rings is 1. The van der Waals surface area contributed by atoms with Crippen molar-refractivity contribution in [1.82, 2.24) is 9.78 Å². The average Bonchev–Trinajstić information content (AvgIpc) is 2.65. The smallest absolute Gasteiger partial charge is 0.178 e. The molecule has 0 aliphatic rings. The van der Waals surface area contributed by atoms with Crippen LogP contribution in [-0.4, -0.2) is 20.7 Å². The van der Waals surface area contributed by atoms with Gasteiger partial charge in [0.05, 0.1) is 11.9 Å². The highest BCUT2D eigenvalue weighted by Gasteiger charge is 2.08. The number of nitrogens with zero attached hydrogens (tertiary/aromatic N) is 2. The molecule has 1 N–H and O–H groups in total. The Labute approximate surface area is 86.8 Å². The number of carbonyl (C=O) groups excluding carboxylic acids is 1. The van der Waals surface area contributed by atoms with Crippen molar-refractivity contribution in [3.63, 3.8) is 0 Å². The minimum Gasteiger partial charge on any atom is -0.508 e. The normalized spacial score (nSPS) is 10.2. The van der Waals surface area contributed by atoms with Crippen LogP contribution in [0.3, 0.4) is 0 Å². The highest BCUT2D eigenvalue weighted by atomic mass is 16.3. The maximum Gasteiger partial charge on any atom is 0.178 e. The van der Waals surface area contributed by atoms with Gasteiger partial charge in [-0.2, -0.15) is 5.10 Å². The van der Waals surface area contributed by atoms with E-state index in [2.05, 4.69) is 5.10 Å². The molecular formula is C11H10N2O2. The molecule has 0 unspecified atom stereocenters. The summed E-state index contributed by atoms with van der Waals surface area (Å²) < 4.78 is 1.50. The summed E-state index contributed by atoms with van der Waals surface area (Å²) in [5.74, 6) is 0.0911. The standard InChI is InChI=1S/C11H10N2O2/c1-8(14)11-5-6-12-13(11)9-3-2-4-10(15)7-9/h2-7,15H,1H3. The summed E-state index contributed by atoms with van der Waals surface area (Å²) in [6.45, 7) is 1.48. The Kier molecular flexibility index (Phi) is 2.25. The number of hydrogen-bond acceptors (Lipinski definition) is 3. The van der Waals surface area contributed by atoms with E-state index in [-0.39, 0.29) is 11.5 Å².